The number of halogens is 1. The number of piperidine rings is 1. The summed E-state index contributed by atoms with van der Waals surface area (Å²) in [7, 11) is 0. The molecule has 1 aromatic carbocycles. The smallest absolute Gasteiger partial charge is 0.253 e. The van der Waals surface area contributed by atoms with Gasteiger partial charge in [-0.25, -0.2) is 9.97 Å². The van der Waals surface area contributed by atoms with E-state index in [4.69, 9.17) is 11.6 Å². The topological polar surface area (TPSA) is 52.6 Å². The van der Waals surface area contributed by atoms with E-state index in [0.29, 0.717) is 23.0 Å². The van der Waals surface area contributed by atoms with Gasteiger partial charge in [-0.15, -0.1) is 0 Å². The fourth-order valence-corrected chi connectivity index (χ4v) is 4.42. The number of carbonyl (C=O) groups excluding carboxylic acids is 1. The average molecular weight is 414 g/mol. The molecule has 3 heterocycles. The van der Waals surface area contributed by atoms with Crippen molar-refractivity contribution < 1.29 is 4.79 Å². The van der Waals surface area contributed by atoms with Crippen LogP contribution in [0.5, 0.6) is 0 Å². The van der Waals surface area contributed by atoms with Crippen LogP contribution in [-0.2, 0) is 0 Å². The molecule has 2 fully saturated rings. The van der Waals surface area contributed by atoms with Crippen molar-refractivity contribution in [2.45, 2.75) is 26.2 Å². The lowest BCUT2D eigenvalue weighted by molar-refractivity contribution is 0.0767. The fourth-order valence-electron chi connectivity index (χ4n) is 4.23. The molecule has 0 spiro atoms. The van der Waals surface area contributed by atoms with Gasteiger partial charge in [0.1, 0.15) is 18.0 Å². The molecule has 2 saturated heterocycles. The number of hydrogen-bond acceptors (Lipinski definition) is 5. The average Bonchev–Trinajstić information content (AvgIpc) is 3.00. The summed E-state index contributed by atoms with van der Waals surface area (Å²) in [5.41, 5.74) is 0.648. The molecule has 1 amide bonds. The van der Waals surface area contributed by atoms with Gasteiger partial charge in [0.2, 0.25) is 0 Å². The first-order valence-electron chi connectivity index (χ1n) is 10.5. The molecular formula is C22H28ClN5O. The van der Waals surface area contributed by atoms with E-state index in [-0.39, 0.29) is 5.91 Å². The minimum Gasteiger partial charge on any atom is -0.356 e. The maximum Gasteiger partial charge on any atom is 0.253 e. The minimum absolute atomic E-state index is 0.0417. The number of nitrogens with zero attached hydrogens (tertiary/aromatic N) is 5. The van der Waals surface area contributed by atoms with Crippen LogP contribution in [-0.4, -0.2) is 60.0 Å². The van der Waals surface area contributed by atoms with E-state index in [1.54, 1.807) is 18.5 Å². The van der Waals surface area contributed by atoms with Gasteiger partial charge >= 0.3 is 0 Å². The van der Waals surface area contributed by atoms with Gasteiger partial charge in [-0.2, -0.15) is 0 Å². The maximum atomic E-state index is 12.9. The van der Waals surface area contributed by atoms with Crippen molar-refractivity contribution in [1.29, 1.82) is 0 Å². The van der Waals surface area contributed by atoms with Gasteiger partial charge in [0, 0.05) is 55.9 Å². The SMILES string of the molecule is CC1CCCN(c2cc(N3CCCN(C(=O)c4cccc(Cl)c4)CC3)ncn2)C1. The predicted octanol–water partition coefficient (Wildman–Crippen LogP) is 3.72. The highest BCUT2D eigenvalue weighted by molar-refractivity contribution is 6.30. The Morgan fingerprint density at radius 3 is 2.59 bits per heavy atom. The monoisotopic (exact) mass is 413 g/mol. The quantitative estimate of drug-likeness (QED) is 0.767. The normalized spacial score (nSPS) is 20.5. The Morgan fingerprint density at radius 1 is 1.00 bits per heavy atom. The van der Waals surface area contributed by atoms with Crippen LogP contribution in [0.4, 0.5) is 11.6 Å². The third-order valence-corrected chi connectivity index (χ3v) is 6.03. The second-order valence-corrected chi connectivity index (χ2v) is 8.51. The van der Waals surface area contributed by atoms with Gasteiger partial charge < -0.3 is 14.7 Å². The Balaban J connectivity index is 1.43. The Morgan fingerprint density at radius 2 is 1.79 bits per heavy atom. The van der Waals surface area contributed by atoms with Gasteiger partial charge in [0.15, 0.2) is 0 Å². The van der Waals surface area contributed by atoms with Crippen molar-refractivity contribution in [1.82, 2.24) is 14.9 Å². The van der Waals surface area contributed by atoms with Crippen molar-refractivity contribution in [3.63, 3.8) is 0 Å². The van der Waals surface area contributed by atoms with Crippen molar-refractivity contribution in [3.05, 3.63) is 47.2 Å². The lowest BCUT2D eigenvalue weighted by Crippen LogP contribution is -2.36. The van der Waals surface area contributed by atoms with Crippen LogP contribution in [0, 0.1) is 5.92 Å². The summed E-state index contributed by atoms with van der Waals surface area (Å²) in [4.78, 5) is 28.5. The standard InChI is InChI=1S/C22H28ClN5O/c1-17-5-3-8-28(15-17)21-14-20(24-16-25-21)26-9-4-10-27(12-11-26)22(29)18-6-2-7-19(23)13-18/h2,6-7,13-14,16-17H,3-5,8-12,15H2,1H3. The zero-order valence-corrected chi connectivity index (χ0v) is 17.7. The molecule has 0 radical (unpaired) electrons. The Bertz CT molecular complexity index is 861. The van der Waals surface area contributed by atoms with Crippen LogP contribution in [0.1, 0.15) is 36.5 Å². The van der Waals surface area contributed by atoms with Crippen molar-refractivity contribution >= 4 is 29.1 Å². The molecule has 0 aliphatic carbocycles. The molecule has 1 aromatic heterocycles. The third-order valence-electron chi connectivity index (χ3n) is 5.80. The molecule has 1 unspecified atom stereocenters. The van der Waals surface area contributed by atoms with Crippen molar-refractivity contribution in [2.24, 2.45) is 5.92 Å². The molecule has 0 saturated carbocycles. The fraction of sp³-hybridized carbons (Fsp3) is 0.500. The van der Waals surface area contributed by atoms with Crippen LogP contribution in [0.15, 0.2) is 36.7 Å². The Labute approximate surface area is 177 Å². The second-order valence-electron chi connectivity index (χ2n) is 8.07. The van der Waals surface area contributed by atoms with Crippen LogP contribution in [0.25, 0.3) is 0 Å². The molecule has 154 valence electrons. The first kappa shape index (κ1) is 20.0. The van der Waals surface area contributed by atoms with Crippen molar-refractivity contribution in [3.8, 4) is 0 Å². The molecule has 2 aliphatic heterocycles. The number of anilines is 2. The number of rotatable bonds is 3. The van der Waals surface area contributed by atoms with Gasteiger partial charge in [-0.05, 0) is 43.4 Å². The molecule has 0 N–H and O–H groups in total. The summed E-state index contributed by atoms with van der Waals surface area (Å²) >= 11 is 6.05. The third kappa shape index (κ3) is 4.81. The molecule has 0 bridgehead atoms. The maximum absolute atomic E-state index is 12.9. The van der Waals surface area contributed by atoms with Crippen LogP contribution in [0.3, 0.4) is 0 Å². The zero-order chi connectivity index (χ0) is 20.2. The van der Waals surface area contributed by atoms with Gasteiger partial charge in [0.25, 0.3) is 5.91 Å². The van der Waals surface area contributed by atoms with Gasteiger partial charge in [-0.1, -0.05) is 24.6 Å². The molecule has 4 rings (SSSR count). The van der Waals surface area contributed by atoms with Gasteiger partial charge in [-0.3, -0.25) is 4.79 Å². The summed E-state index contributed by atoms with van der Waals surface area (Å²) < 4.78 is 0. The molecule has 7 heteroatoms. The highest BCUT2D eigenvalue weighted by Crippen LogP contribution is 2.24. The number of hydrogen-bond donors (Lipinski definition) is 0. The molecule has 2 aromatic rings. The Kier molecular flexibility index (Phi) is 6.19. The van der Waals surface area contributed by atoms with Gasteiger partial charge in [0.05, 0.1) is 0 Å². The lowest BCUT2D eigenvalue weighted by Gasteiger charge is -2.32. The highest BCUT2D eigenvalue weighted by atomic mass is 35.5. The van der Waals surface area contributed by atoms with Crippen LogP contribution in [0.2, 0.25) is 5.02 Å². The largest absolute Gasteiger partial charge is 0.356 e. The summed E-state index contributed by atoms with van der Waals surface area (Å²) in [6.07, 6.45) is 5.08. The molecule has 2 aliphatic rings. The van der Waals surface area contributed by atoms with Crippen LogP contribution < -0.4 is 9.80 Å². The van der Waals surface area contributed by atoms with E-state index < -0.39 is 0 Å². The number of amides is 1. The number of carbonyl (C=O) groups is 1. The number of benzene rings is 1. The summed E-state index contributed by atoms with van der Waals surface area (Å²) in [6, 6.07) is 9.28. The molecule has 29 heavy (non-hydrogen) atoms. The van der Waals surface area contributed by atoms with E-state index in [0.717, 1.165) is 50.8 Å². The summed E-state index contributed by atoms with van der Waals surface area (Å²) in [5.74, 6) is 2.70. The number of aromatic nitrogens is 2. The minimum atomic E-state index is 0.0417. The Hall–Kier alpha value is -2.34. The van der Waals surface area contributed by atoms with E-state index in [1.165, 1.54) is 12.8 Å². The molecular weight excluding hydrogens is 386 g/mol. The first-order chi connectivity index (χ1) is 14.1. The zero-order valence-electron chi connectivity index (χ0n) is 16.9. The molecule has 6 nitrogen and oxygen atoms in total. The van der Waals surface area contributed by atoms with E-state index in [1.807, 2.05) is 17.0 Å². The summed E-state index contributed by atoms with van der Waals surface area (Å²) in [5, 5.41) is 0.591. The van der Waals surface area contributed by atoms with E-state index in [9.17, 15) is 4.79 Å². The van der Waals surface area contributed by atoms with E-state index in [2.05, 4.69) is 32.8 Å². The van der Waals surface area contributed by atoms with Crippen LogP contribution >= 0.6 is 11.6 Å². The summed E-state index contributed by atoms with van der Waals surface area (Å²) in [6.45, 7) is 7.47. The predicted molar refractivity (Wildman–Crippen MR) is 117 cm³/mol. The second kappa shape index (κ2) is 8.99. The lowest BCUT2D eigenvalue weighted by atomic mass is 10.0. The first-order valence-corrected chi connectivity index (χ1v) is 10.8. The molecule has 1 atom stereocenters. The highest BCUT2D eigenvalue weighted by Gasteiger charge is 2.23. The van der Waals surface area contributed by atoms with E-state index >= 15 is 0 Å². The van der Waals surface area contributed by atoms with Crippen molar-refractivity contribution in [2.75, 3.05) is 49.1 Å².